The summed E-state index contributed by atoms with van der Waals surface area (Å²) >= 11 is 9.20. The van der Waals surface area contributed by atoms with Gasteiger partial charge in [0.1, 0.15) is 0 Å². The second-order valence-electron chi connectivity index (χ2n) is 2.94. The molecule has 4 heteroatoms. The van der Waals surface area contributed by atoms with Crippen molar-refractivity contribution in [3.8, 4) is 11.3 Å². The van der Waals surface area contributed by atoms with Crippen molar-refractivity contribution in [1.82, 2.24) is 5.16 Å². The molecular weight excluding hydrogens is 265 g/mol. The third kappa shape index (κ3) is 1.70. The molecule has 0 radical (unpaired) electrons. The maximum Gasteiger partial charge on any atom is 0.175 e. The van der Waals surface area contributed by atoms with Crippen molar-refractivity contribution in [1.29, 1.82) is 0 Å². The predicted octanol–water partition coefficient (Wildman–Crippen LogP) is 4.07. The number of benzene rings is 1. The van der Waals surface area contributed by atoms with E-state index in [-0.39, 0.29) is 0 Å². The number of hydrogen-bond acceptors (Lipinski definition) is 2. The van der Waals surface area contributed by atoms with E-state index in [1.807, 2.05) is 31.2 Å². The Labute approximate surface area is 95.0 Å². The Bertz CT molecular complexity index is 467. The molecule has 1 aromatic heterocycles. The first-order valence-electron chi connectivity index (χ1n) is 4.06. The minimum absolute atomic E-state index is 0.417. The van der Waals surface area contributed by atoms with Gasteiger partial charge in [0.25, 0.3) is 0 Å². The Morgan fingerprint density at radius 2 is 2.21 bits per heavy atom. The molecule has 0 fully saturated rings. The van der Waals surface area contributed by atoms with Gasteiger partial charge in [-0.3, -0.25) is 0 Å². The highest BCUT2D eigenvalue weighted by Gasteiger charge is 2.11. The molecule has 2 aromatic rings. The highest BCUT2D eigenvalue weighted by molar-refractivity contribution is 9.10. The highest BCUT2D eigenvalue weighted by Crippen LogP contribution is 2.29. The molecule has 0 spiro atoms. The largest absolute Gasteiger partial charge is 0.354 e. The summed E-state index contributed by atoms with van der Waals surface area (Å²) in [6, 6.07) is 7.81. The lowest BCUT2D eigenvalue weighted by molar-refractivity contribution is 0.432. The maximum atomic E-state index is 5.80. The minimum Gasteiger partial charge on any atom is -0.354 e. The van der Waals surface area contributed by atoms with E-state index < -0.39 is 0 Å². The zero-order valence-corrected chi connectivity index (χ0v) is 9.76. The molecule has 0 N–H and O–H groups in total. The summed E-state index contributed by atoms with van der Waals surface area (Å²) in [5.41, 5.74) is 1.83. The summed E-state index contributed by atoms with van der Waals surface area (Å²) in [6.45, 7) is 1.88. The van der Waals surface area contributed by atoms with Crippen molar-refractivity contribution >= 4 is 27.5 Å². The Balaban J connectivity index is 2.55. The average molecular weight is 273 g/mol. The van der Waals surface area contributed by atoms with E-state index in [9.17, 15) is 0 Å². The van der Waals surface area contributed by atoms with Crippen LogP contribution in [0, 0.1) is 6.92 Å². The predicted molar refractivity (Wildman–Crippen MR) is 59.4 cm³/mol. The van der Waals surface area contributed by atoms with Crippen molar-refractivity contribution in [3.63, 3.8) is 0 Å². The van der Waals surface area contributed by atoms with Crippen molar-refractivity contribution in [2.75, 3.05) is 0 Å². The van der Waals surface area contributed by atoms with Gasteiger partial charge >= 0.3 is 0 Å². The van der Waals surface area contributed by atoms with Gasteiger partial charge in [-0.05, 0) is 19.1 Å². The molecular formula is C10H7BrClNO. The van der Waals surface area contributed by atoms with Crippen LogP contribution in [0.1, 0.15) is 5.56 Å². The fourth-order valence-corrected chi connectivity index (χ4v) is 1.73. The molecule has 14 heavy (non-hydrogen) atoms. The van der Waals surface area contributed by atoms with Gasteiger partial charge in [-0.15, -0.1) is 0 Å². The van der Waals surface area contributed by atoms with E-state index >= 15 is 0 Å². The molecule has 72 valence electrons. The molecule has 1 heterocycles. The Kier molecular flexibility index (Phi) is 2.61. The quantitative estimate of drug-likeness (QED) is 0.782. The Hall–Kier alpha value is -0.800. The normalized spacial score (nSPS) is 10.5. The summed E-state index contributed by atoms with van der Waals surface area (Å²) in [6.07, 6.45) is 0. The van der Waals surface area contributed by atoms with Crippen LogP contribution in [0.3, 0.4) is 0 Å². The van der Waals surface area contributed by atoms with E-state index in [1.165, 1.54) is 0 Å². The minimum atomic E-state index is 0.417. The van der Waals surface area contributed by atoms with Gasteiger partial charge in [-0.25, -0.2) is 0 Å². The molecule has 0 amide bonds. The standard InChI is InChI=1S/C10H7BrClNO/c1-6-9(14-13-10(6)12)7-3-2-4-8(11)5-7/h2-5H,1H3. The van der Waals surface area contributed by atoms with Crippen LogP contribution in [-0.4, -0.2) is 5.16 Å². The molecule has 0 saturated heterocycles. The lowest BCUT2D eigenvalue weighted by atomic mass is 10.1. The highest BCUT2D eigenvalue weighted by atomic mass is 79.9. The van der Waals surface area contributed by atoms with Crippen molar-refractivity contribution in [3.05, 3.63) is 39.5 Å². The zero-order valence-electron chi connectivity index (χ0n) is 7.42. The fourth-order valence-electron chi connectivity index (χ4n) is 1.22. The molecule has 0 aliphatic rings. The first kappa shape index (κ1) is 9.74. The smallest absolute Gasteiger partial charge is 0.175 e. The molecule has 2 nitrogen and oxygen atoms in total. The van der Waals surface area contributed by atoms with Gasteiger partial charge in [0, 0.05) is 15.6 Å². The first-order chi connectivity index (χ1) is 6.68. The van der Waals surface area contributed by atoms with Crippen LogP contribution in [0.5, 0.6) is 0 Å². The summed E-state index contributed by atoms with van der Waals surface area (Å²) in [7, 11) is 0. The van der Waals surface area contributed by atoms with Gasteiger partial charge in [0.2, 0.25) is 0 Å². The molecule has 0 atom stereocenters. The van der Waals surface area contributed by atoms with Gasteiger partial charge < -0.3 is 4.52 Å². The number of rotatable bonds is 1. The zero-order chi connectivity index (χ0) is 10.1. The van der Waals surface area contributed by atoms with Crippen molar-refractivity contribution in [2.45, 2.75) is 6.92 Å². The molecule has 2 rings (SSSR count). The van der Waals surface area contributed by atoms with Crippen LogP contribution in [0.2, 0.25) is 5.15 Å². The third-order valence-corrected chi connectivity index (χ3v) is 2.80. The number of hydrogen-bond donors (Lipinski definition) is 0. The van der Waals surface area contributed by atoms with E-state index in [4.69, 9.17) is 16.1 Å². The molecule has 0 saturated carbocycles. The molecule has 0 unspecified atom stereocenters. The van der Waals surface area contributed by atoms with E-state index in [0.717, 1.165) is 21.4 Å². The average Bonchev–Trinajstić information content (AvgIpc) is 2.48. The second-order valence-corrected chi connectivity index (χ2v) is 4.21. The molecule has 0 bridgehead atoms. The molecule has 0 aliphatic carbocycles. The topological polar surface area (TPSA) is 26.0 Å². The van der Waals surface area contributed by atoms with Crippen molar-refractivity contribution < 1.29 is 4.52 Å². The van der Waals surface area contributed by atoms with Crippen molar-refractivity contribution in [2.24, 2.45) is 0 Å². The Morgan fingerprint density at radius 1 is 1.43 bits per heavy atom. The van der Waals surface area contributed by atoms with Gasteiger partial charge in [0.15, 0.2) is 10.9 Å². The second kappa shape index (κ2) is 3.75. The number of nitrogens with zero attached hydrogens (tertiary/aromatic N) is 1. The molecule has 1 aromatic carbocycles. The third-order valence-electron chi connectivity index (χ3n) is 1.95. The monoisotopic (exact) mass is 271 g/mol. The summed E-state index contributed by atoms with van der Waals surface area (Å²) < 4.78 is 6.14. The fraction of sp³-hybridized carbons (Fsp3) is 0.100. The van der Waals surface area contributed by atoms with Crippen LogP contribution in [0.4, 0.5) is 0 Å². The number of halogens is 2. The summed E-state index contributed by atoms with van der Waals surface area (Å²) in [5.74, 6) is 0.719. The van der Waals surface area contributed by atoms with Gasteiger partial charge in [0.05, 0.1) is 0 Å². The van der Waals surface area contributed by atoms with Crippen LogP contribution in [-0.2, 0) is 0 Å². The van der Waals surface area contributed by atoms with Crippen LogP contribution in [0.15, 0.2) is 33.3 Å². The van der Waals surface area contributed by atoms with Crippen LogP contribution < -0.4 is 0 Å². The van der Waals surface area contributed by atoms with E-state index in [0.29, 0.717) is 5.15 Å². The summed E-state index contributed by atoms with van der Waals surface area (Å²) in [5, 5.41) is 4.11. The first-order valence-corrected chi connectivity index (χ1v) is 5.23. The van der Waals surface area contributed by atoms with Gasteiger partial charge in [-0.2, -0.15) is 0 Å². The molecule has 0 aliphatic heterocycles. The van der Waals surface area contributed by atoms with E-state index in [1.54, 1.807) is 0 Å². The maximum absolute atomic E-state index is 5.80. The van der Waals surface area contributed by atoms with E-state index in [2.05, 4.69) is 21.1 Å². The summed E-state index contributed by atoms with van der Waals surface area (Å²) in [4.78, 5) is 0. The number of aromatic nitrogens is 1. The lowest BCUT2D eigenvalue weighted by Gasteiger charge is -1.97. The SMILES string of the molecule is Cc1c(Cl)noc1-c1cccc(Br)c1. The Morgan fingerprint density at radius 3 is 2.79 bits per heavy atom. The van der Waals surface area contributed by atoms with Crippen LogP contribution >= 0.6 is 27.5 Å². The van der Waals surface area contributed by atoms with Crippen LogP contribution in [0.25, 0.3) is 11.3 Å². The lowest BCUT2D eigenvalue weighted by Crippen LogP contribution is -1.77. The van der Waals surface area contributed by atoms with Gasteiger partial charge in [-0.1, -0.05) is 44.8 Å².